The predicted octanol–water partition coefficient (Wildman–Crippen LogP) is 6.85. The molecule has 11 nitrogen and oxygen atoms in total. The number of aromatic amines is 2. The van der Waals surface area contributed by atoms with Gasteiger partial charge in [-0.3, -0.25) is 29.4 Å². The van der Waals surface area contributed by atoms with Gasteiger partial charge < -0.3 is 24.2 Å². The lowest BCUT2D eigenvalue weighted by atomic mass is 9.83. The SMILES string of the molecule is O=C1C(c2c[nH]c3ccccc23)C(c2cn3c4c(cccc24)CCC3)C(=O)N1CO.O=C1NC(=O)C(c2cn3c4c(cccc24)CCC3)C1c1c[nH]c2ccccc12. The van der Waals surface area contributed by atoms with Gasteiger partial charge in [0, 0.05) is 70.5 Å². The zero-order chi connectivity index (χ0) is 39.2. The Morgan fingerprint density at radius 3 is 1.52 bits per heavy atom. The van der Waals surface area contributed by atoms with Gasteiger partial charge in [-0.25, -0.2) is 0 Å². The normalized spacial score (nSPS) is 21.4. The van der Waals surface area contributed by atoms with Gasteiger partial charge in [-0.15, -0.1) is 0 Å². The third-order valence-corrected chi connectivity index (χ3v) is 13.0. The van der Waals surface area contributed by atoms with Crippen LogP contribution >= 0.6 is 0 Å². The van der Waals surface area contributed by atoms with Gasteiger partial charge in [0.25, 0.3) is 0 Å². The molecular weight excluding hydrogens is 729 g/mol. The summed E-state index contributed by atoms with van der Waals surface area (Å²) >= 11 is 0. The molecule has 288 valence electrons. The van der Waals surface area contributed by atoms with Crippen molar-refractivity contribution in [1.82, 2.24) is 29.3 Å². The Morgan fingerprint density at radius 2 is 0.983 bits per heavy atom. The number of aryl methyl sites for hydroxylation is 4. The van der Waals surface area contributed by atoms with Crippen LogP contribution in [0.15, 0.2) is 110 Å². The standard InChI is InChI=1S/C24H21N3O3.C23H19N3O2/c28-13-27-23(29)20(17-11-25-19-9-2-1-7-15(17)19)21(24(27)30)18-12-26-10-4-6-14-5-3-8-16(18)22(14)26;27-22-19(16-11-24-18-9-2-1-7-14(16)18)20(23(28)25-22)17-12-26-10-4-6-13-5-3-8-15(17)21(13)26/h1-3,5,7-9,11-12,20-21,25,28H,4,6,10,13H2;1-3,5,7-9,11-12,19-20,24H,4,6,10H2,(H,25,27,28). The minimum atomic E-state index is -0.663. The average Bonchev–Trinajstić information content (AvgIpc) is 4.10. The van der Waals surface area contributed by atoms with Gasteiger partial charge in [0.1, 0.15) is 6.73 Å². The van der Waals surface area contributed by atoms with E-state index in [2.05, 4.69) is 54.9 Å². The number of hydrogen-bond acceptors (Lipinski definition) is 5. The molecule has 4 atom stereocenters. The maximum atomic E-state index is 13.4. The number of aliphatic hydroxyl groups is 1. The highest BCUT2D eigenvalue weighted by molar-refractivity contribution is 6.14. The molecular formula is C47H40N6O5. The molecule has 4 aliphatic heterocycles. The van der Waals surface area contributed by atoms with Crippen molar-refractivity contribution in [2.75, 3.05) is 6.73 Å². The van der Waals surface area contributed by atoms with E-state index < -0.39 is 30.4 Å². The van der Waals surface area contributed by atoms with Crippen molar-refractivity contribution >= 4 is 67.2 Å². The summed E-state index contributed by atoms with van der Waals surface area (Å²) in [6, 6.07) is 28.2. The first-order chi connectivity index (χ1) is 28.4. The number of hydrogen-bond donors (Lipinski definition) is 4. The zero-order valence-corrected chi connectivity index (χ0v) is 31.6. The Morgan fingerprint density at radius 1 is 0.534 bits per heavy atom. The number of para-hydroxylation sites is 4. The van der Waals surface area contributed by atoms with Crippen LogP contribution in [0.1, 0.15) is 69.9 Å². The van der Waals surface area contributed by atoms with Gasteiger partial charge in [-0.2, -0.15) is 0 Å². The smallest absolute Gasteiger partial charge is 0.239 e. The average molecular weight is 769 g/mol. The van der Waals surface area contributed by atoms with Crippen molar-refractivity contribution in [1.29, 1.82) is 0 Å². The van der Waals surface area contributed by atoms with Gasteiger partial charge in [0.2, 0.25) is 23.6 Å². The van der Waals surface area contributed by atoms with Crippen molar-refractivity contribution in [2.24, 2.45) is 0 Å². The molecule has 0 saturated carbocycles. The highest BCUT2D eigenvalue weighted by Gasteiger charge is 2.51. The molecule has 4 unspecified atom stereocenters. The largest absolute Gasteiger partial charge is 0.376 e. The number of rotatable bonds is 5. The number of benzene rings is 4. The van der Waals surface area contributed by atoms with Crippen LogP contribution in [-0.2, 0) is 45.1 Å². The van der Waals surface area contributed by atoms with Crippen LogP contribution in [0.2, 0.25) is 0 Å². The van der Waals surface area contributed by atoms with E-state index in [-0.39, 0.29) is 23.6 Å². The zero-order valence-electron chi connectivity index (χ0n) is 31.6. The van der Waals surface area contributed by atoms with E-state index in [1.165, 1.54) is 22.2 Å². The summed E-state index contributed by atoms with van der Waals surface area (Å²) in [6.07, 6.45) is 12.1. The first-order valence-corrected chi connectivity index (χ1v) is 20.1. The van der Waals surface area contributed by atoms with Crippen LogP contribution in [-0.4, -0.2) is 59.5 Å². The summed E-state index contributed by atoms with van der Waals surface area (Å²) in [4.78, 5) is 59.9. The van der Waals surface area contributed by atoms with Gasteiger partial charge in [-0.05, 0) is 71.2 Å². The molecule has 2 fully saturated rings. The first kappa shape index (κ1) is 34.5. The molecule has 4 aromatic carbocycles. The minimum Gasteiger partial charge on any atom is -0.376 e. The first-order valence-electron chi connectivity index (χ1n) is 20.1. The van der Waals surface area contributed by atoms with E-state index in [1.54, 1.807) is 0 Å². The molecule has 12 rings (SSSR count). The summed E-state index contributed by atoms with van der Waals surface area (Å²) in [5, 5.41) is 16.4. The maximum absolute atomic E-state index is 13.4. The number of aromatic nitrogens is 4. The van der Waals surface area contributed by atoms with E-state index in [0.717, 1.165) is 98.5 Å². The summed E-state index contributed by atoms with van der Waals surface area (Å²) in [6.45, 7) is 1.26. The summed E-state index contributed by atoms with van der Waals surface area (Å²) < 4.78 is 4.47. The van der Waals surface area contributed by atoms with Crippen LogP contribution in [0.3, 0.4) is 0 Å². The molecule has 0 bridgehead atoms. The summed E-state index contributed by atoms with van der Waals surface area (Å²) in [5.41, 5.74) is 10.4. The molecule has 58 heavy (non-hydrogen) atoms. The Bertz CT molecular complexity index is 3020. The van der Waals surface area contributed by atoms with Crippen molar-refractivity contribution in [2.45, 2.75) is 62.4 Å². The number of carbonyl (C=O) groups is 4. The number of amides is 4. The van der Waals surface area contributed by atoms with Gasteiger partial charge in [0.05, 0.1) is 34.7 Å². The number of aliphatic hydroxyl groups excluding tert-OH is 1. The van der Waals surface area contributed by atoms with Crippen molar-refractivity contribution < 1.29 is 24.3 Å². The Balaban J connectivity index is 0.000000133. The van der Waals surface area contributed by atoms with Crippen LogP contribution in [0.25, 0.3) is 43.6 Å². The topological polar surface area (TPSA) is 145 Å². The number of H-pyrrole nitrogens is 2. The number of likely N-dealkylation sites (tertiary alicyclic amines) is 1. The molecule has 11 heteroatoms. The Kier molecular flexibility index (Phi) is 7.84. The van der Waals surface area contributed by atoms with Crippen molar-refractivity contribution in [3.05, 3.63) is 143 Å². The summed E-state index contributed by atoms with van der Waals surface area (Å²) in [7, 11) is 0. The Hall–Kier alpha value is -6.72. The van der Waals surface area contributed by atoms with E-state index in [0.29, 0.717) is 0 Å². The fourth-order valence-electron chi connectivity index (χ4n) is 10.5. The summed E-state index contributed by atoms with van der Waals surface area (Å²) in [5.74, 6) is -3.44. The van der Waals surface area contributed by atoms with Crippen LogP contribution in [0.4, 0.5) is 0 Å². The van der Waals surface area contributed by atoms with E-state index in [4.69, 9.17) is 0 Å². The Labute approximate surface area is 332 Å². The fourth-order valence-corrected chi connectivity index (χ4v) is 10.5. The van der Waals surface area contributed by atoms with Gasteiger partial charge >= 0.3 is 0 Å². The van der Waals surface area contributed by atoms with Crippen molar-refractivity contribution in [3.8, 4) is 0 Å². The molecule has 0 radical (unpaired) electrons. The molecule has 4 aliphatic rings. The lowest BCUT2D eigenvalue weighted by Crippen LogP contribution is -2.31. The lowest BCUT2D eigenvalue weighted by molar-refractivity contribution is -0.143. The number of nitrogens with one attached hydrogen (secondary N) is 3. The van der Waals surface area contributed by atoms with Gasteiger partial charge in [-0.1, -0.05) is 72.8 Å². The highest BCUT2D eigenvalue weighted by atomic mass is 16.3. The fraction of sp³-hybridized carbons (Fsp3) is 0.234. The van der Waals surface area contributed by atoms with Crippen LogP contribution in [0, 0.1) is 0 Å². The maximum Gasteiger partial charge on any atom is 0.239 e. The second kappa shape index (κ2) is 13.2. The van der Waals surface area contributed by atoms with E-state index in [1.807, 2.05) is 79.3 Å². The minimum absolute atomic E-state index is 0.205. The molecule has 4 amide bonds. The molecule has 0 aliphatic carbocycles. The number of imide groups is 2. The molecule has 2 saturated heterocycles. The van der Waals surface area contributed by atoms with E-state index >= 15 is 0 Å². The second-order valence-electron chi connectivity index (χ2n) is 16.0. The monoisotopic (exact) mass is 768 g/mol. The molecule has 4 N–H and O–H groups in total. The number of carbonyl (C=O) groups excluding carboxylic acids is 4. The van der Waals surface area contributed by atoms with Crippen molar-refractivity contribution in [3.63, 3.8) is 0 Å². The lowest BCUT2D eigenvalue weighted by Gasteiger charge is -2.15. The molecule has 4 aromatic heterocycles. The van der Waals surface area contributed by atoms with Crippen LogP contribution in [0.5, 0.6) is 0 Å². The quantitative estimate of drug-likeness (QED) is 0.142. The number of fused-ring (bicyclic) bond motifs is 2. The molecule has 8 heterocycles. The third-order valence-electron chi connectivity index (χ3n) is 13.0. The molecule has 0 spiro atoms. The van der Waals surface area contributed by atoms with E-state index in [9.17, 15) is 24.3 Å². The predicted molar refractivity (Wildman–Crippen MR) is 220 cm³/mol. The second-order valence-corrected chi connectivity index (χ2v) is 16.0. The third kappa shape index (κ3) is 5.02. The number of nitrogens with zero attached hydrogens (tertiary/aromatic N) is 3. The van der Waals surface area contributed by atoms with Gasteiger partial charge in [0.15, 0.2) is 0 Å². The molecule has 8 aromatic rings. The highest BCUT2D eigenvalue weighted by Crippen LogP contribution is 2.47. The van der Waals surface area contributed by atoms with Crippen LogP contribution < -0.4 is 5.32 Å².